The van der Waals surface area contributed by atoms with Crippen LogP contribution in [0.2, 0.25) is 10.0 Å². The van der Waals surface area contributed by atoms with Crippen LogP contribution >= 0.6 is 23.2 Å². The van der Waals surface area contributed by atoms with Crippen LogP contribution in [0.4, 0.5) is 0 Å². The monoisotopic (exact) mass is 445 g/mol. The zero-order valence-corrected chi connectivity index (χ0v) is 18.6. The highest BCUT2D eigenvalue weighted by Crippen LogP contribution is 2.27. The molecule has 0 aliphatic carbocycles. The molecule has 0 bridgehead atoms. The Kier molecular flexibility index (Phi) is 8.26. The lowest BCUT2D eigenvalue weighted by atomic mass is 10.1. The van der Waals surface area contributed by atoms with Gasteiger partial charge in [0.05, 0.1) is 14.2 Å². The number of ether oxygens (including phenoxy) is 3. The summed E-state index contributed by atoms with van der Waals surface area (Å²) < 4.78 is 16.5. The van der Waals surface area contributed by atoms with Crippen LogP contribution in [0.5, 0.6) is 17.2 Å². The molecule has 0 heterocycles. The maximum atomic E-state index is 6.21. The molecule has 0 unspecified atom stereocenters. The van der Waals surface area contributed by atoms with Gasteiger partial charge < -0.3 is 19.5 Å². The van der Waals surface area contributed by atoms with Crippen molar-refractivity contribution in [2.75, 3.05) is 20.8 Å². The Labute approximate surface area is 187 Å². The second-order valence-corrected chi connectivity index (χ2v) is 7.63. The zero-order valence-electron chi connectivity index (χ0n) is 17.1. The molecule has 4 nitrogen and oxygen atoms in total. The minimum absolute atomic E-state index is 0.395. The third-order valence-electron chi connectivity index (χ3n) is 4.68. The number of rotatable bonds is 10. The van der Waals surface area contributed by atoms with Crippen LogP contribution in [-0.2, 0) is 19.6 Å². The van der Waals surface area contributed by atoms with E-state index in [1.165, 1.54) is 5.56 Å². The molecule has 0 aromatic heterocycles. The van der Waals surface area contributed by atoms with Crippen molar-refractivity contribution >= 4 is 23.2 Å². The summed E-state index contributed by atoms with van der Waals surface area (Å²) in [5.41, 5.74) is 3.25. The SMILES string of the molecule is COc1ccc(CCNCc2cccc(OCc3ccc(Cl)cc3Cl)c2)cc1OC. The standard InChI is InChI=1S/C24H25Cl2NO3/c1-28-23-9-6-17(13-24(23)29-2)10-11-27-15-18-4-3-5-21(12-18)30-16-19-7-8-20(25)14-22(19)26/h3-9,12-14,27H,10-11,15-16H2,1-2H3. The average molecular weight is 446 g/mol. The fraction of sp³-hybridized carbons (Fsp3) is 0.250. The highest BCUT2D eigenvalue weighted by molar-refractivity contribution is 6.35. The fourth-order valence-corrected chi connectivity index (χ4v) is 3.51. The summed E-state index contributed by atoms with van der Waals surface area (Å²) in [6.07, 6.45) is 0.894. The third-order valence-corrected chi connectivity index (χ3v) is 5.26. The Morgan fingerprint density at radius 3 is 2.43 bits per heavy atom. The van der Waals surface area contributed by atoms with Crippen LogP contribution in [0.1, 0.15) is 16.7 Å². The largest absolute Gasteiger partial charge is 0.493 e. The maximum absolute atomic E-state index is 6.21. The van der Waals surface area contributed by atoms with E-state index in [0.29, 0.717) is 16.7 Å². The molecular weight excluding hydrogens is 421 g/mol. The average Bonchev–Trinajstić information content (AvgIpc) is 2.76. The normalized spacial score (nSPS) is 10.7. The third kappa shape index (κ3) is 6.30. The number of nitrogens with one attached hydrogen (secondary N) is 1. The number of methoxy groups -OCH3 is 2. The van der Waals surface area contributed by atoms with Gasteiger partial charge in [-0.25, -0.2) is 0 Å². The van der Waals surface area contributed by atoms with Gasteiger partial charge >= 0.3 is 0 Å². The maximum Gasteiger partial charge on any atom is 0.160 e. The molecule has 3 aromatic carbocycles. The molecule has 30 heavy (non-hydrogen) atoms. The van der Waals surface area contributed by atoms with Crippen molar-refractivity contribution in [2.45, 2.75) is 19.6 Å². The molecule has 0 saturated heterocycles. The van der Waals surface area contributed by atoms with Gasteiger partial charge in [-0.3, -0.25) is 0 Å². The second kappa shape index (κ2) is 11.1. The van der Waals surface area contributed by atoms with Crippen LogP contribution < -0.4 is 19.5 Å². The van der Waals surface area contributed by atoms with Gasteiger partial charge in [0.25, 0.3) is 0 Å². The Morgan fingerprint density at radius 1 is 0.833 bits per heavy atom. The topological polar surface area (TPSA) is 39.7 Å². The van der Waals surface area contributed by atoms with E-state index in [4.69, 9.17) is 37.4 Å². The van der Waals surface area contributed by atoms with Crippen molar-refractivity contribution in [3.05, 3.63) is 87.4 Å². The highest BCUT2D eigenvalue weighted by Gasteiger charge is 2.05. The summed E-state index contributed by atoms with van der Waals surface area (Å²) >= 11 is 12.1. The van der Waals surface area contributed by atoms with Gasteiger partial charge in [-0.05, 0) is 60.5 Å². The molecule has 0 atom stereocenters. The Morgan fingerprint density at radius 2 is 1.67 bits per heavy atom. The minimum atomic E-state index is 0.395. The molecule has 6 heteroatoms. The quantitative estimate of drug-likeness (QED) is 0.393. The molecule has 0 saturated carbocycles. The molecule has 0 spiro atoms. The second-order valence-electron chi connectivity index (χ2n) is 6.79. The number of hydrogen-bond acceptors (Lipinski definition) is 4. The van der Waals surface area contributed by atoms with Crippen molar-refractivity contribution in [3.8, 4) is 17.2 Å². The summed E-state index contributed by atoms with van der Waals surface area (Å²) in [5, 5.41) is 4.69. The van der Waals surface area contributed by atoms with Gasteiger partial charge in [0.15, 0.2) is 11.5 Å². The fourth-order valence-electron chi connectivity index (χ4n) is 3.05. The van der Waals surface area contributed by atoms with E-state index in [1.807, 2.05) is 42.5 Å². The van der Waals surface area contributed by atoms with Crippen LogP contribution in [0.3, 0.4) is 0 Å². The van der Waals surface area contributed by atoms with Crippen molar-refractivity contribution in [3.63, 3.8) is 0 Å². The summed E-state index contributed by atoms with van der Waals surface area (Å²) in [4.78, 5) is 0. The summed E-state index contributed by atoms with van der Waals surface area (Å²) in [5.74, 6) is 2.30. The Balaban J connectivity index is 1.48. The van der Waals surface area contributed by atoms with Gasteiger partial charge in [0.2, 0.25) is 0 Å². The van der Waals surface area contributed by atoms with E-state index in [2.05, 4.69) is 17.4 Å². The smallest absolute Gasteiger partial charge is 0.160 e. The first-order valence-electron chi connectivity index (χ1n) is 9.66. The Bertz CT molecular complexity index is 978. The summed E-state index contributed by atoms with van der Waals surface area (Å²) in [6.45, 7) is 2.00. The molecular formula is C24H25Cl2NO3. The van der Waals surface area contributed by atoms with E-state index in [0.717, 1.165) is 47.9 Å². The lowest BCUT2D eigenvalue weighted by molar-refractivity contribution is 0.306. The molecule has 0 amide bonds. The van der Waals surface area contributed by atoms with E-state index < -0.39 is 0 Å². The molecule has 3 rings (SSSR count). The van der Waals surface area contributed by atoms with Gasteiger partial charge in [0.1, 0.15) is 12.4 Å². The molecule has 158 valence electrons. The minimum Gasteiger partial charge on any atom is -0.493 e. The van der Waals surface area contributed by atoms with Crippen molar-refractivity contribution in [1.29, 1.82) is 0 Å². The van der Waals surface area contributed by atoms with Gasteiger partial charge in [-0.15, -0.1) is 0 Å². The van der Waals surface area contributed by atoms with Crippen molar-refractivity contribution < 1.29 is 14.2 Å². The van der Waals surface area contributed by atoms with Crippen LogP contribution in [0.25, 0.3) is 0 Å². The molecule has 0 aliphatic heterocycles. The first kappa shape index (κ1) is 22.3. The van der Waals surface area contributed by atoms with Crippen molar-refractivity contribution in [2.24, 2.45) is 0 Å². The number of benzene rings is 3. The molecule has 3 aromatic rings. The van der Waals surface area contributed by atoms with Gasteiger partial charge in [-0.2, -0.15) is 0 Å². The predicted octanol–water partition coefficient (Wildman–Crippen LogP) is 5.92. The van der Waals surface area contributed by atoms with E-state index in [-0.39, 0.29) is 0 Å². The van der Waals surface area contributed by atoms with Crippen LogP contribution in [0, 0.1) is 0 Å². The number of halogens is 2. The van der Waals surface area contributed by atoms with E-state index in [1.54, 1.807) is 20.3 Å². The molecule has 0 fully saturated rings. The zero-order chi connectivity index (χ0) is 21.3. The summed E-state index contributed by atoms with van der Waals surface area (Å²) in [7, 11) is 3.29. The lowest BCUT2D eigenvalue weighted by Gasteiger charge is -2.11. The first-order valence-corrected chi connectivity index (χ1v) is 10.4. The van der Waals surface area contributed by atoms with Crippen LogP contribution in [0.15, 0.2) is 60.7 Å². The van der Waals surface area contributed by atoms with Gasteiger partial charge in [-0.1, -0.05) is 47.5 Å². The first-order chi connectivity index (χ1) is 14.6. The lowest BCUT2D eigenvalue weighted by Crippen LogP contribution is -2.16. The predicted molar refractivity (Wildman–Crippen MR) is 122 cm³/mol. The Hall–Kier alpha value is -2.40. The van der Waals surface area contributed by atoms with Crippen molar-refractivity contribution in [1.82, 2.24) is 5.32 Å². The van der Waals surface area contributed by atoms with E-state index >= 15 is 0 Å². The summed E-state index contributed by atoms with van der Waals surface area (Å²) in [6, 6.07) is 19.5. The number of hydrogen-bond donors (Lipinski definition) is 1. The van der Waals surface area contributed by atoms with Crippen LogP contribution in [-0.4, -0.2) is 20.8 Å². The van der Waals surface area contributed by atoms with Gasteiger partial charge in [0, 0.05) is 22.2 Å². The molecule has 1 N–H and O–H groups in total. The molecule has 0 aliphatic rings. The molecule has 0 radical (unpaired) electrons. The van der Waals surface area contributed by atoms with E-state index in [9.17, 15) is 0 Å². The highest BCUT2D eigenvalue weighted by atomic mass is 35.5.